The lowest BCUT2D eigenvalue weighted by Crippen LogP contribution is -2.41. The smallest absolute Gasteiger partial charge is 0.0602 e. The Morgan fingerprint density at radius 2 is 2.40 bits per heavy atom. The maximum atomic E-state index is 9.01. The van der Waals surface area contributed by atoms with Gasteiger partial charge in [0.2, 0.25) is 0 Å². The molecule has 0 spiro atoms. The zero-order valence-corrected chi connectivity index (χ0v) is 9.38. The van der Waals surface area contributed by atoms with Crippen LogP contribution >= 0.6 is 11.6 Å². The van der Waals surface area contributed by atoms with E-state index in [9.17, 15) is 0 Å². The summed E-state index contributed by atoms with van der Waals surface area (Å²) in [5.74, 6) is 0. The summed E-state index contributed by atoms with van der Waals surface area (Å²) in [7, 11) is 0. The summed E-state index contributed by atoms with van der Waals surface area (Å²) >= 11 is 6.11. The molecule has 2 rings (SSSR count). The van der Waals surface area contributed by atoms with E-state index in [1.165, 1.54) is 5.56 Å². The van der Waals surface area contributed by atoms with Gasteiger partial charge in [-0.05, 0) is 30.5 Å². The Morgan fingerprint density at radius 1 is 1.67 bits per heavy atom. The molecule has 0 radical (unpaired) electrons. The van der Waals surface area contributed by atoms with Gasteiger partial charge in [0, 0.05) is 22.8 Å². The normalized spacial score (nSPS) is 20.9. The van der Waals surface area contributed by atoms with Crippen LogP contribution in [0.15, 0.2) is 12.1 Å². The molecule has 0 amide bonds. The van der Waals surface area contributed by atoms with Crippen molar-refractivity contribution in [3.05, 3.63) is 28.3 Å². The van der Waals surface area contributed by atoms with Gasteiger partial charge in [0.1, 0.15) is 0 Å². The Morgan fingerprint density at radius 3 is 3.00 bits per heavy atom. The average Bonchev–Trinajstić information content (AvgIpc) is 2.68. The van der Waals surface area contributed by atoms with Crippen LogP contribution in [-0.2, 0) is 6.42 Å². The van der Waals surface area contributed by atoms with Gasteiger partial charge in [-0.15, -0.1) is 0 Å². The number of fused-ring (bicyclic) bond motifs is 1. The molecule has 0 fully saturated rings. The molecule has 0 saturated heterocycles. The molecule has 2 unspecified atom stereocenters. The molecule has 1 aliphatic rings. The molecule has 82 valence electrons. The molecule has 0 aliphatic carbocycles. The van der Waals surface area contributed by atoms with E-state index < -0.39 is 0 Å². The Labute approximate surface area is 94.2 Å². The van der Waals surface area contributed by atoms with Gasteiger partial charge >= 0.3 is 0 Å². The minimum absolute atomic E-state index is 0.0116. The number of aliphatic hydroxyl groups excluding tert-OH is 1. The lowest BCUT2D eigenvalue weighted by atomic mass is 10.0. The molecule has 3 nitrogen and oxygen atoms in total. The molecule has 0 aromatic heterocycles. The van der Waals surface area contributed by atoms with E-state index in [1.807, 2.05) is 19.1 Å². The van der Waals surface area contributed by atoms with Crippen molar-refractivity contribution in [3.8, 4) is 0 Å². The summed E-state index contributed by atoms with van der Waals surface area (Å²) in [5.41, 5.74) is 9.17. The fourth-order valence-corrected chi connectivity index (χ4v) is 2.22. The van der Waals surface area contributed by atoms with Gasteiger partial charge in [-0.1, -0.05) is 17.7 Å². The third-order valence-electron chi connectivity index (χ3n) is 2.95. The summed E-state index contributed by atoms with van der Waals surface area (Å²) in [6.07, 6.45) is 0.789. The van der Waals surface area contributed by atoms with Crippen molar-refractivity contribution in [2.24, 2.45) is 5.73 Å². The summed E-state index contributed by atoms with van der Waals surface area (Å²) in [4.78, 5) is 0. The summed E-state index contributed by atoms with van der Waals surface area (Å²) in [5, 5.41) is 13.1. The number of aliphatic hydroxyl groups is 1. The number of halogens is 1. The van der Waals surface area contributed by atoms with Crippen molar-refractivity contribution in [2.45, 2.75) is 25.4 Å². The van der Waals surface area contributed by atoms with Crippen LogP contribution in [0.3, 0.4) is 0 Å². The monoisotopic (exact) mass is 226 g/mol. The average molecular weight is 227 g/mol. The molecule has 1 aromatic carbocycles. The van der Waals surface area contributed by atoms with Gasteiger partial charge in [0.25, 0.3) is 0 Å². The number of rotatable bonds is 2. The first kappa shape index (κ1) is 10.7. The lowest BCUT2D eigenvalue weighted by molar-refractivity contribution is 0.254. The van der Waals surface area contributed by atoms with Crippen LogP contribution in [0.5, 0.6) is 0 Å². The van der Waals surface area contributed by atoms with Crippen LogP contribution < -0.4 is 11.1 Å². The van der Waals surface area contributed by atoms with Crippen LogP contribution in [0.4, 0.5) is 5.69 Å². The minimum atomic E-state index is -0.243. The van der Waals surface area contributed by atoms with E-state index in [2.05, 4.69) is 5.32 Å². The first-order valence-corrected chi connectivity index (χ1v) is 5.42. The maximum absolute atomic E-state index is 9.01. The van der Waals surface area contributed by atoms with Crippen molar-refractivity contribution < 1.29 is 5.11 Å². The van der Waals surface area contributed by atoms with Crippen LogP contribution in [0.25, 0.3) is 0 Å². The molecule has 0 saturated carbocycles. The third-order valence-corrected chi connectivity index (χ3v) is 3.30. The van der Waals surface area contributed by atoms with Gasteiger partial charge in [0.15, 0.2) is 0 Å². The van der Waals surface area contributed by atoms with E-state index in [-0.39, 0.29) is 18.7 Å². The lowest BCUT2D eigenvalue weighted by Gasteiger charge is -2.17. The van der Waals surface area contributed by atoms with Crippen molar-refractivity contribution in [1.29, 1.82) is 0 Å². The third kappa shape index (κ3) is 1.83. The number of aryl methyl sites for hydroxylation is 1. The maximum Gasteiger partial charge on any atom is 0.0602 e. The van der Waals surface area contributed by atoms with Crippen molar-refractivity contribution >= 4 is 17.3 Å². The predicted molar refractivity (Wildman–Crippen MR) is 62.4 cm³/mol. The fraction of sp³-hybridized carbons (Fsp3) is 0.455. The first-order chi connectivity index (χ1) is 7.13. The zero-order valence-electron chi connectivity index (χ0n) is 8.63. The SMILES string of the molecule is Cc1ccc(Cl)c2c1NC(C(N)CO)C2. The summed E-state index contributed by atoms with van der Waals surface area (Å²) in [6.45, 7) is 2.03. The molecule has 4 N–H and O–H groups in total. The number of nitrogens with two attached hydrogens (primary N) is 1. The van der Waals surface area contributed by atoms with Crippen LogP contribution in [-0.4, -0.2) is 23.8 Å². The molecule has 15 heavy (non-hydrogen) atoms. The van der Waals surface area contributed by atoms with Gasteiger partial charge < -0.3 is 16.2 Å². The molecule has 1 aliphatic heterocycles. The molecular weight excluding hydrogens is 212 g/mol. The quantitative estimate of drug-likeness (QED) is 0.713. The number of anilines is 1. The highest BCUT2D eigenvalue weighted by atomic mass is 35.5. The Bertz CT molecular complexity index is 350. The standard InChI is InChI=1S/C11H15ClN2O/c1-6-2-3-8(12)7-4-10(9(13)5-15)14-11(6)7/h2-3,9-10,14-15H,4-5,13H2,1H3. The van der Waals surface area contributed by atoms with Crippen molar-refractivity contribution in [1.82, 2.24) is 0 Å². The van der Waals surface area contributed by atoms with Gasteiger partial charge in [0.05, 0.1) is 6.61 Å². The Kier molecular flexibility index (Phi) is 2.87. The second kappa shape index (κ2) is 4.00. The van der Waals surface area contributed by atoms with Gasteiger partial charge in [-0.3, -0.25) is 0 Å². The largest absolute Gasteiger partial charge is 0.395 e. The van der Waals surface area contributed by atoms with Crippen LogP contribution in [0, 0.1) is 6.92 Å². The number of nitrogens with one attached hydrogen (secondary N) is 1. The molecule has 1 heterocycles. The van der Waals surface area contributed by atoms with Crippen molar-refractivity contribution in [2.75, 3.05) is 11.9 Å². The minimum Gasteiger partial charge on any atom is -0.395 e. The second-order valence-electron chi connectivity index (χ2n) is 4.02. The highest BCUT2D eigenvalue weighted by Gasteiger charge is 2.27. The molecule has 1 aromatic rings. The van der Waals surface area contributed by atoms with Crippen LogP contribution in [0.1, 0.15) is 11.1 Å². The highest BCUT2D eigenvalue weighted by Crippen LogP contribution is 2.35. The van der Waals surface area contributed by atoms with E-state index in [0.717, 1.165) is 22.7 Å². The number of hydrogen-bond donors (Lipinski definition) is 3. The van der Waals surface area contributed by atoms with Crippen LogP contribution in [0.2, 0.25) is 5.02 Å². The molecule has 4 heteroatoms. The van der Waals surface area contributed by atoms with E-state index >= 15 is 0 Å². The van der Waals surface area contributed by atoms with Crippen molar-refractivity contribution in [3.63, 3.8) is 0 Å². The topological polar surface area (TPSA) is 58.3 Å². The fourth-order valence-electron chi connectivity index (χ4n) is 1.98. The van der Waals surface area contributed by atoms with E-state index in [0.29, 0.717) is 0 Å². The van der Waals surface area contributed by atoms with Gasteiger partial charge in [-0.2, -0.15) is 0 Å². The molecular formula is C11H15ClN2O. The molecule has 0 bridgehead atoms. The van der Waals surface area contributed by atoms with E-state index in [1.54, 1.807) is 0 Å². The summed E-state index contributed by atoms with van der Waals surface area (Å²) < 4.78 is 0. The Balaban J connectivity index is 2.30. The summed E-state index contributed by atoms with van der Waals surface area (Å²) in [6, 6.07) is 3.74. The number of benzene rings is 1. The first-order valence-electron chi connectivity index (χ1n) is 5.04. The second-order valence-corrected chi connectivity index (χ2v) is 4.43. The predicted octanol–water partition coefficient (Wildman–Crippen LogP) is 1.30. The molecule has 2 atom stereocenters. The number of hydrogen-bond acceptors (Lipinski definition) is 3. The zero-order chi connectivity index (χ0) is 11.0. The van der Waals surface area contributed by atoms with Gasteiger partial charge in [-0.25, -0.2) is 0 Å². The Hall–Kier alpha value is -0.770. The highest BCUT2D eigenvalue weighted by molar-refractivity contribution is 6.31. The van der Waals surface area contributed by atoms with E-state index in [4.69, 9.17) is 22.4 Å².